The lowest BCUT2D eigenvalue weighted by molar-refractivity contribution is 0.302. The quantitative estimate of drug-likeness (QED) is 0.669. The molecule has 3 N–H and O–H groups in total. The lowest BCUT2D eigenvalue weighted by Gasteiger charge is -2.20. The first-order valence-electron chi connectivity index (χ1n) is 6.43. The molecule has 2 rings (SSSR count). The zero-order valence-electron chi connectivity index (χ0n) is 12.2. The van der Waals surface area contributed by atoms with E-state index in [-0.39, 0.29) is 5.41 Å². The SMILES string of the molecule is Cc1cc(C(C)(C)C)ccc1OCc1nnc(NN)s1. The Labute approximate surface area is 123 Å². The van der Waals surface area contributed by atoms with Crippen molar-refractivity contribution in [2.45, 2.75) is 39.7 Å². The van der Waals surface area contributed by atoms with Gasteiger partial charge >= 0.3 is 0 Å². The second kappa shape index (κ2) is 5.76. The molecular weight excluding hydrogens is 272 g/mol. The van der Waals surface area contributed by atoms with Crippen LogP contribution in [0.1, 0.15) is 36.9 Å². The van der Waals surface area contributed by atoms with E-state index in [1.807, 2.05) is 6.07 Å². The highest BCUT2D eigenvalue weighted by molar-refractivity contribution is 7.15. The highest BCUT2D eigenvalue weighted by Crippen LogP contribution is 2.28. The number of hydrogen-bond acceptors (Lipinski definition) is 6. The summed E-state index contributed by atoms with van der Waals surface area (Å²) in [5.74, 6) is 6.14. The minimum absolute atomic E-state index is 0.143. The minimum atomic E-state index is 0.143. The average molecular weight is 292 g/mol. The van der Waals surface area contributed by atoms with Gasteiger partial charge in [-0.15, -0.1) is 10.2 Å². The Morgan fingerprint density at radius 2 is 2.05 bits per heavy atom. The third kappa shape index (κ3) is 3.46. The van der Waals surface area contributed by atoms with Crippen molar-refractivity contribution in [3.05, 3.63) is 34.3 Å². The second-order valence-electron chi connectivity index (χ2n) is 5.66. The minimum Gasteiger partial charge on any atom is -0.486 e. The molecule has 0 amide bonds. The van der Waals surface area contributed by atoms with E-state index in [0.29, 0.717) is 11.7 Å². The molecule has 0 aliphatic rings. The predicted molar refractivity (Wildman–Crippen MR) is 81.9 cm³/mol. The van der Waals surface area contributed by atoms with Gasteiger partial charge in [0.05, 0.1) is 0 Å². The summed E-state index contributed by atoms with van der Waals surface area (Å²) >= 11 is 1.38. The molecule has 0 bridgehead atoms. The molecule has 0 radical (unpaired) electrons. The molecule has 0 unspecified atom stereocenters. The maximum absolute atomic E-state index is 5.79. The summed E-state index contributed by atoms with van der Waals surface area (Å²) in [5, 5.41) is 9.23. The van der Waals surface area contributed by atoms with Crippen LogP contribution in [0, 0.1) is 6.92 Å². The number of ether oxygens (including phenoxy) is 1. The van der Waals surface area contributed by atoms with Crippen molar-refractivity contribution < 1.29 is 4.74 Å². The summed E-state index contributed by atoms with van der Waals surface area (Å²) in [5.41, 5.74) is 5.04. The summed E-state index contributed by atoms with van der Waals surface area (Å²) < 4.78 is 5.79. The van der Waals surface area contributed by atoms with E-state index in [1.165, 1.54) is 16.9 Å². The van der Waals surface area contributed by atoms with Crippen molar-refractivity contribution in [3.8, 4) is 5.75 Å². The van der Waals surface area contributed by atoms with Gasteiger partial charge in [-0.2, -0.15) is 0 Å². The number of nitrogens with one attached hydrogen (secondary N) is 1. The van der Waals surface area contributed by atoms with Crippen LogP contribution < -0.4 is 16.0 Å². The monoisotopic (exact) mass is 292 g/mol. The Kier molecular flexibility index (Phi) is 4.25. The second-order valence-corrected chi connectivity index (χ2v) is 6.73. The molecule has 6 heteroatoms. The Hall–Kier alpha value is -1.66. The van der Waals surface area contributed by atoms with Crippen molar-refractivity contribution in [2.24, 2.45) is 5.84 Å². The Morgan fingerprint density at radius 3 is 2.60 bits per heavy atom. The van der Waals surface area contributed by atoms with Gasteiger partial charge in [0.2, 0.25) is 5.13 Å². The number of anilines is 1. The van der Waals surface area contributed by atoms with Crippen molar-refractivity contribution in [3.63, 3.8) is 0 Å². The number of hydrazine groups is 1. The highest BCUT2D eigenvalue weighted by Gasteiger charge is 2.15. The molecule has 1 aromatic carbocycles. The van der Waals surface area contributed by atoms with Crippen LogP contribution in [0.5, 0.6) is 5.75 Å². The zero-order chi connectivity index (χ0) is 14.8. The molecule has 0 spiro atoms. The molecule has 0 aliphatic heterocycles. The van der Waals surface area contributed by atoms with E-state index in [1.54, 1.807) is 0 Å². The fourth-order valence-electron chi connectivity index (χ4n) is 1.79. The number of benzene rings is 1. The fraction of sp³-hybridized carbons (Fsp3) is 0.429. The molecule has 0 aliphatic carbocycles. The van der Waals surface area contributed by atoms with E-state index < -0.39 is 0 Å². The third-order valence-electron chi connectivity index (χ3n) is 2.98. The highest BCUT2D eigenvalue weighted by atomic mass is 32.1. The molecule has 1 heterocycles. The van der Waals surface area contributed by atoms with Gasteiger partial charge in [-0.25, -0.2) is 5.84 Å². The summed E-state index contributed by atoms with van der Waals surface area (Å²) in [6.45, 7) is 9.05. The smallest absolute Gasteiger partial charge is 0.219 e. The van der Waals surface area contributed by atoms with Crippen LogP contribution in [0.2, 0.25) is 0 Å². The normalized spacial score (nSPS) is 11.4. The van der Waals surface area contributed by atoms with E-state index >= 15 is 0 Å². The maximum atomic E-state index is 5.79. The van der Waals surface area contributed by atoms with Crippen molar-refractivity contribution in [2.75, 3.05) is 5.43 Å². The molecule has 108 valence electrons. The van der Waals surface area contributed by atoms with Crippen molar-refractivity contribution in [1.29, 1.82) is 0 Å². The summed E-state index contributed by atoms with van der Waals surface area (Å²) in [4.78, 5) is 0. The first-order valence-corrected chi connectivity index (χ1v) is 7.25. The molecule has 20 heavy (non-hydrogen) atoms. The topological polar surface area (TPSA) is 73.1 Å². The van der Waals surface area contributed by atoms with Gasteiger partial charge in [0.25, 0.3) is 0 Å². The van der Waals surface area contributed by atoms with E-state index in [9.17, 15) is 0 Å². The average Bonchev–Trinajstić information content (AvgIpc) is 2.84. The van der Waals surface area contributed by atoms with Crippen LogP contribution >= 0.6 is 11.3 Å². The van der Waals surface area contributed by atoms with Crippen molar-refractivity contribution >= 4 is 16.5 Å². The van der Waals surface area contributed by atoms with Crippen molar-refractivity contribution in [1.82, 2.24) is 10.2 Å². The summed E-state index contributed by atoms with van der Waals surface area (Å²) in [6, 6.07) is 6.29. The summed E-state index contributed by atoms with van der Waals surface area (Å²) in [6.07, 6.45) is 0. The Balaban J connectivity index is 2.06. The molecule has 0 fully saturated rings. The van der Waals surface area contributed by atoms with Gasteiger partial charge in [0.1, 0.15) is 12.4 Å². The largest absolute Gasteiger partial charge is 0.486 e. The lowest BCUT2D eigenvalue weighted by Crippen LogP contribution is -2.11. The standard InChI is InChI=1S/C14H20N4OS/c1-9-7-10(14(2,3)4)5-6-11(9)19-8-12-17-18-13(16-15)20-12/h5-7H,8,15H2,1-4H3,(H,16,18). The van der Waals surface area contributed by atoms with Gasteiger partial charge in [0, 0.05) is 0 Å². The fourth-order valence-corrected chi connectivity index (χ4v) is 2.35. The third-order valence-corrected chi connectivity index (χ3v) is 3.81. The first-order chi connectivity index (χ1) is 9.40. The van der Waals surface area contributed by atoms with Crippen LogP contribution in [0.3, 0.4) is 0 Å². The predicted octanol–water partition coefficient (Wildman–Crippen LogP) is 3.01. The molecule has 0 saturated heterocycles. The molecule has 2 aromatic rings. The molecule has 0 atom stereocenters. The maximum Gasteiger partial charge on any atom is 0.219 e. The Morgan fingerprint density at radius 1 is 1.30 bits per heavy atom. The van der Waals surface area contributed by atoms with Gasteiger partial charge in [0.15, 0.2) is 5.01 Å². The van der Waals surface area contributed by atoms with Crippen LogP contribution in [0.4, 0.5) is 5.13 Å². The first kappa shape index (κ1) is 14.7. The van der Waals surface area contributed by atoms with E-state index in [4.69, 9.17) is 10.6 Å². The number of rotatable bonds is 4. The summed E-state index contributed by atoms with van der Waals surface area (Å²) in [7, 11) is 0. The van der Waals surface area contributed by atoms with E-state index in [0.717, 1.165) is 16.3 Å². The lowest BCUT2D eigenvalue weighted by atomic mass is 9.86. The van der Waals surface area contributed by atoms with E-state index in [2.05, 4.69) is 55.5 Å². The van der Waals surface area contributed by atoms with Gasteiger partial charge in [-0.05, 0) is 29.5 Å². The van der Waals surface area contributed by atoms with Gasteiger partial charge in [-0.3, -0.25) is 5.43 Å². The van der Waals surface area contributed by atoms with Crippen LogP contribution in [-0.4, -0.2) is 10.2 Å². The number of nitrogens with two attached hydrogens (primary N) is 1. The van der Waals surface area contributed by atoms with Gasteiger partial charge < -0.3 is 4.74 Å². The number of aryl methyl sites for hydroxylation is 1. The van der Waals surface area contributed by atoms with Crippen LogP contribution in [-0.2, 0) is 12.0 Å². The number of nitrogens with zero attached hydrogens (tertiary/aromatic N) is 2. The van der Waals surface area contributed by atoms with Crippen LogP contribution in [0.25, 0.3) is 0 Å². The Bertz CT molecular complexity index is 589. The molecule has 5 nitrogen and oxygen atoms in total. The van der Waals surface area contributed by atoms with Crippen LogP contribution in [0.15, 0.2) is 18.2 Å². The number of nitrogen functional groups attached to an aromatic ring is 1. The number of hydrogen-bond donors (Lipinski definition) is 2. The molecule has 1 aromatic heterocycles. The molecular formula is C14H20N4OS. The molecule has 0 saturated carbocycles. The number of aromatic nitrogens is 2. The zero-order valence-corrected chi connectivity index (χ0v) is 13.0. The van der Waals surface area contributed by atoms with Gasteiger partial charge in [-0.1, -0.05) is 44.2 Å².